The molecule has 0 bridgehead atoms. The number of hydrogen-bond acceptors (Lipinski definition) is 3. The van der Waals surface area contributed by atoms with Gasteiger partial charge in [-0.1, -0.05) is 16.8 Å². The number of benzene rings is 1. The molecule has 0 radical (unpaired) electrons. The SMILES string of the molecule is CC(=O)N1CC/C(=N/O)c2cc(Cl)ccc21. The summed E-state index contributed by atoms with van der Waals surface area (Å²) in [5, 5.41) is 12.7. The Morgan fingerprint density at radius 1 is 1.56 bits per heavy atom. The molecule has 0 atom stereocenters. The number of rotatable bonds is 0. The van der Waals surface area contributed by atoms with Crippen molar-refractivity contribution in [3.8, 4) is 0 Å². The highest BCUT2D eigenvalue weighted by Crippen LogP contribution is 2.29. The Bertz CT molecular complexity index is 471. The Kier molecular flexibility index (Phi) is 2.83. The van der Waals surface area contributed by atoms with Gasteiger partial charge in [-0.2, -0.15) is 0 Å². The van der Waals surface area contributed by atoms with E-state index in [0.717, 1.165) is 11.3 Å². The van der Waals surface area contributed by atoms with Gasteiger partial charge in [0, 0.05) is 30.5 Å². The maximum Gasteiger partial charge on any atom is 0.223 e. The minimum atomic E-state index is -0.0273. The van der Waals surface area contributed by atoms with E-state index in [-0.39, 0.29) is 5.91 Å². The lowest BCUT2D eigenvalue weighted by molar-refractivity contribution is -0.116. The van der Waals surface area contributed by atoms with Gasteiger partial charge in [-0.15, -0.1) is 0 Å². The molecule has 16 heavy (non-hydrogen) atoms. The third-order valence-corrected chi connectivity index (χ3v) is 2.87. The number of oxime groups is 1. The molecule has 0 saturated heterocycles. The lowest BCUT2D eigenvalue weighted by atomic mass is 9.99. The van der Waals surface area contributed by atoms with Crippen LogP contribution in [-0.4, -0.2) is 23.4 Å². The highest BCUT2D eigenvalue weighted by molar-refractivity contribution is 6.31. The topological polar surface area (TPSA) is 52.9 Å². The van der Waals surface area contributed by atoms with Crippen molar-refractivity contribution in [1.82, 2.24) is 0 Å². The summed E-state index contributed by atoms with van der Waals surface area (Å²) in [6, 6.07) is 5.20. The van der Waals surface area contributed by atoms with Gasteiger partial charge in [-0.3, -0.25) is 4.79 Å². The van der Waals surface area contributed by atoms with Crippen LogP contribution >= 0.6 is 11.6 Å². The fourth-order valence-corrected chi connectivity index (χ4v) is 2.05. The van der Waals surface area contributed by atoms with Crippen LogP contribution in [0.4, 0.5) is 5.69 Å². The maximum absolute atomic E-state index is 11.4. The van der Waals surface area contributed by atoms with Gasteiger partial charge in [-0.05, 0) is 18.2 Å². The molecule has 0 aliphatic carbocycles. The molecule has 1 aliphatic rings. The molecular formula is C11H11ClN2O2. The van der Waals surface area contributed by atoms with E-state index in [0.29, 0.717) is 23.7 Å². The van der Waals surface area contributed by atoms with Crippen molar-refractivity contribution in [2.45, 2.75) is 13.3 Å². The first-order valence-electron chi connectivity index (χ1n) is 4.92. The summed E-state index contributed by atoms with van der Waals surface area (Å²) < 4.78 is 0. The van der Waals surface area contributed by atoms with E-state index in [1.165, 1.54) is 6.92 Å². The molecule has 1 N–H and O–H groups in total. The summed E-state index contributed by atoms with van der Waals surface area (Å²) in [5.74, 6) is -0.0273. The number of carbonyl (C=O) groups is 1. The molecule has 0 saturated carbocycles. The smallest absolute Gasteiger partial charge is 0.223 e. The average Bonchev–Trinajstić information content (AvgIpc) is 2.27. The Morgan fingerprint density at radius 3 is 2.94 bits per heavy atom. The first kappa shape index (κ1) is 11.0. The molecule has 1 aromatic carbocycles. The second-order valence-electron chi connectivity index (χ2n) is 3.63. The van der Waals surface area contributed by atoms with Crippen LogP contribution in [0.1, 0.15) is 18.9 Å². The van der Waals surface area contributed by atoms with E-state index < -0.39 is 0 Å². The lowest BCUT2D eigenvalue weighted by Gasteiger charge is -2.28. The summed E-state index contributed by atoms with van der Waals surface area (Å²) in [5.41, 5.74) is 2.03. The van der Waals surface area contributed by atoms with Crippen molar-refractivity contribution in [1.29, 1.82) is 0 Å². The minimum Gasteiger partial charge on any atom is -0.411 e. The zero-order valence-electron chi connectivity index (χ0n) is 8.77. The Balaban J connectivity index is 2.57. The number of amides is 1. The summed E-state index contributed by atoms with van der Waals surface area (Å²) >= 11 is 5.89. The fraction of sp³-hybridized carbons (Fsp3) is 0.273. The van der Waals surface area contributed by atoms with Crippen molar-refractivity contribution in [2.24, 2.45) is 5.16 Å². The number of hydrogen-bond donors (Lipinski definition) is 1. The molecule has 0 unspecified atom stereocenters. The molecule has 0 spiro atoms. The van der Waals surface area contributed by atoms with Crippen LogP contribution in [0, 0.1) is 0 Å². The average molecular weight is 239 g/mol. The van der Waals surface area contributed by atoms with Gasteiger partial charge in [0.05, 0.1) is 11.4 Å². The molecule has 4 nitrogen and oxygen atoms in total. The number of nitrogens with zero attached hydrogens (tertiary/aromatic N) is 2. The number of anilines is 1. The fourth-order valence-electron chi connectivity index (χ4n) is 1.88. The number of halogens is 1. The summed E-state index contributed by atoms with van der Waals surface area (Å²) in [6.45, 7) is 2.04. The van der Waals surface area contributed by atoms with E-state index in [2.05, 4.69) is 5.16 Å². The first-order valence-corrected chi connectivity index (χ1v) is 5.30. The molecule has 1 aromatic rings. The molecule has 1 amide bonds. The highest BCUT2D eigenvalue weighted by atomic mass is 35.5. The quantitative estimate of drug-likeness (QED) is 0.557. The maximum atomic E-state index is 11.4. The van der Waals surface area contributed by atoms with E-state index in [1.54, 1.807) is 23.1 Å². The normalized spacial score (nSPS) is 17.4. The largest absolute Gasteiger partial charge is 0.411 e. The van der Waals surface area contributed by atoms with Crippen LogP contribution in [0.15, 0.2) is 23.4 Å². The van der Waals surface area contributed by atoms with Crippen LogP contribution < -0.4 is 4.90 Å². The second kappa shape index (κ2) is 4.14. The van der Waals surface area contributed by atoms with Gasteiger partial charge >= 0.3 is 0 Å². The monoisotopic (exact) mass is 238 g/mol. The van der Waals surface area contributed by atoms with Gasteiger partial charge in [0.2, 0.25) is 5.91 Å². The third-order valence-electron chi connectivity index (χ3n) is 2.63. The Morgan fingerprint density at radius 2 is 2.31 bits per heavy atom. The summed E-state index contributed by atoms with van der Waals surface area (Å²) in [4.78, 5) is 13.1. The lowest BCUT2D eigenvalue weighted by Crippen LogP contribution is -2.35. The number of carbonyl (C=O) groups excluding carboxylic acids is 1. The van der Waals surface area contributed by atoms with Crippen LogP contribution in [0.2, 0.25) is 5.02 Å². The molecule has 84 valence electrons. The predicted octanol–water partition coefficient (Wildman–Crippen LogP) is 2.27. The van der Waals surface area contributed by atoms with Gasteiger partial charge in [0.15, 0.2) is 0 Å². The van der Waals surface area contributed by atoms with Crippen LogP contribution in [0.25, 0.3) is 0 Å². The summed E-state index contributed by atoms with van der Waals surface area (Å²) in [7, 11) is 0. The molecule has 0 aromatic heterocycles. The van der Waals surface area contributed by atoms with Crippen molar-refractivity contribution < 1.29 is 10.0 Å². The molecular weight excluding hydrogens is 228 g/mol. The van der Waals surface area contributed by atoms with E-state index >= 15 is 0 Å². The van der Waals surface area contributed by atoms with Gasteiger partial charge in [-0.25, -0.2) is 0 Å². The van der Waals surface area contributed by atoms with Gasteiger partial charge in [0.1, 0.15) is 0 Å². The second-order valence-corrected chi connectivity index (χ2v) is 4.07. The van der Waals surface area contributed by atoms with Gasteiger partial charge < -0.3 is 10.1 Å². The van der Waals surface area contributed by atoms with Crippen molar-refractivity contribution >= 4 is 28.9 Å². The van der Waals surface area contributed by atoms with Crippen molar-refractivity contribution in [2.75, 3.05) is 11.4 Å². The first-order chi connectivity index (χ1) is 7.63. The minimum absolute atomic E-state index is 0.0273. The van der Waals surface area contributed by atoms with E-state index in [9.17, 15) is 4.79 Å². The van der Waals surface area contributed by atoms with Crippen LogP contribution in [-0.2, 0) is 4.79 Å². The molecule has 0 fully saturated rings. The standard InChI is InChI=1S/C11H11ClN2O2/c1-7(15)14-5-4-10(13-16)9-6-8(12)2-3-11(9)14/h2-3,6,16H,4-5H2,1H3/b13-10-. The van der Waals surface area contributed by atoms with Crippen LogP contribution in [0.5, 0.6) is 0 Å². The predicted molar refractivity (Wildman–Crippen MR) is 62.4 cm³/mol. The zero-order chi connectivity index (χ0) is 11.7. The van der Waals surface area contributed by atoms with Gasteiger partial charge in [0.25, 0.3) is 0 Å². The van der Waals surface area contributed by atoms with E-state index in [1.807, 2.05) is 0 Å². The van der Waals surface area contributed by atoms with Crippen LogP contribution in [0.3, 0.4) is 0 Å². The molecule has 1 aliphatic heterocycles. The third kappa shape index (κ3) is 1.76. The number of fused-ring (bicyclic) bond motifs is 1. The summed E-state index contributed by atoms with van der Waals surface area (Å²) in [6.07, 6.45) is 0.531. The Labute approximate surface area is 98.1 Å². The Hall–Kier alpha value is -1.55. The zero-order valence-corrected chi connectivity index (χ0v) is 9.53. The van der Waals surface area contributed by atoms with E-state index in [4.69, 9.17) is 16.8 Å². The van der Waals surface area contributed by atoms with Crippen molar-refractivity contribution in [3.63, 3.8) is 0 Å². The highest BCUT2D eigenvalue weighted by Gasteiger charge is 2.24. The molecule has 1 heterocycles. The molecule has 2 rings (SSSR count). The van der Waals surface area contributed by atoms with Crippen molar-refractivity contribution in [3.05, 3.63) is 28.8 Å². The molecule has 5 heteroatoms.